The molecule has 84 heavy (non-hydrogen) atoms. The summed E-state index contributed by atoms with van der Waals surface area (Å²) in [6.45, 7) is 16.3. The highest BCUT2D eigenvalue weighted by Gasteiger charge is 2.37. The number of rotatable bonds is 14. The topological polar surface area (TPSA) is 118 Å². The molecule has 2 aromatic heterocycles. The zero-order valence-electron chi connectivity index (χ0n) is 48.5. The second-order valence-electron chi connectivity index (χ2n) is 22.7. The Hall–Kier alpha value is -7.54. The lowest BCUT2D eigenvalue weighted by atomic mass is 9.86. The molecule has 0 bridgehead atoms. The minimum Gasteiger partial charge on any atom is -0.404 e. The van der Waals surface area contributed by atoms with Gasteiger partial charge in [0.2, 0.25) is 0 Å². The Bertz CT molecular complexity index is 2960. The Balaban J connectivity index is 0.000000202. The summed E-state index contributed by atoms with van der Waals surface area (Å²) < 4.78 is 86.0. The van der Waals surface area contributed by atoms with Crippen molar-refractivity contribution in [1.29, 1.82) is 0 Å². The number of aryl methyl sites for hydroxylation is 4. The van der Waals surface area contributed by atoms with Crippen LogP contribution in [0.5, 0.6) is 11.5 Å². The number of ether oxygens (including phenoxy) is 2. The number of carbonyl (C=O) groups excluding carboxylic acids is 2. The number of benzene rings is 4. The molecule has 4 aliphatic rings. The van der Waals surface area contributed by atoms with Gasteiger partial charge >= 0.3 is 12.7 Å². The first-order valence-electron chi connectivity index (χ1n) is 29.2. The largest absolute Gasteiger partial charge is 0.573 e. The zero-order chi connectivity index (χ0) is 59.7. The predicted octanol–water partition coefficient (Wildman–Crippen LogP) is 12.2. The number of alkyl halides is 6. The number of anilines is 4. The fourth-order valence-electron chi connectivity index (χ4n) is 12.5. The zero-order valence-corrected chi connectivity index (χ0v) is 48.5. The Morgan fingerprint density at radius 2 is 0.917 bits per heavy atom. The predicted molar refractivity (Wildman–Crippen MR) is 315 cm³/mol. The third-order valence-electron chi connectivity index (χ3n) is 17.0. The number of hydrogen-bond acceptors (Lipinski definition) is 11. The van der Waals surface area contributed by atoms with Gasteiger partial charge in [-0.25, -0.2) is 9.97 Å². The number of piperidine rings is 2. The molecule has 10 rings (SSSR count). The smallest absolute Gasteiger partial charge is 0.404 e. The van der Waals surface area contributed by atoms with Crippen molar-refractivity contribution in [2.75, 3.05) is 91.7 Å². The molecule has 19 heteroatoms. The van der Waals surface area contributed by atoms with Crippen molar-refractivity contribution >= 4 is 34.8 Å². The van der Waals surface area contributed by atoms with E-state index in [1.54, 1.807) is 42.6 Å². The molecule has 6 heterocycles. The van der Waals surface area contributed by atoms with Gasteiger partial charge < -0.3 is 44.0 Å². The van der Waals surface area contributed by atoms with Crippen molar-refractivity contribution in [3.8, 4) is 11.5 Å². The summed E-state index contributed by atoms with van der Waals surface area (Å²) in [5.74, 6) is 2.17. The number of amides is 2. The van der Waals surface area contributed by atoms with Crippen molar-refractivity contribution < 1.29 is 50.5 Å². The fourth-order valence-corrected chi connectivity index (χ4v) is 12.5. The normalized spacial score (nSPS) is 18.3. The van der Waals surface area contributed by atoms with E-state index in [9.17, 15) is 41.0 Å². The van der Waals surface area contributed by atoms with Crippen LogP contribution in [0, 0.1) is 39.5 Å². The number of aliphatic hydroxyl groups is 1. The molecule has 6 aromatic rings. The Morgan fingerprint density at radius 1 is 0.524 bits per heavy atom. The Kier molecular flexibility index (Phi) is 19.6. The van der Waals surface area contributed by atoms with E-state index in [4.69, 9.17) is 0 Å². The van der Waals surface area contributed by atoms with Crippen LogP contribution in [0.3, 0.4) is 0 Å². The first kappa shape index (κ1) is 61.0. The Morgan fingerprint density at radius 3 is 1.30 bits per heavy atom. The molecule has 448 valence electrons. The number of pyridine rings is 2. The first-order valence-corrected chi connectivity index (χ1v) is 29.2. The van der Waals surface area contributed by atoms with Crippen LogP contribution in [0.2, 0.25) is 0 Å². The van der Waals surface area contributed by atoms with Crippen molar-refractivity contribution in [3.05, 3.63) is 166 Å². The van der Waals surface area contributed by atoms with Gasteiger partial charge in [-0.3, -0.25) is 9.59 Å². The summed E-state index contributed by atoms with van der Waals surface area (Å²) >= 11 is 0. The summed E-state index contributed by atoms with van der Waals surface area (Å²) in [6, 6.07) is 32.5. The van der Waals surface area contributed by atoms with Gasteiger partial charge in [-0.1, -0.05) is 55.5 Å². The number of aromatic nitrogens is 2. The van der Waals surface area contributed by atoms with E-state index in [2.05, 4.69) is 68.2 Å². The summed E-state index contributed by atoms with van der Waals surface area (Å²) in [5.41, 5.74) is 8.85. The molecule has 4 aliphatic heterocycles. The lowest BCUT2D eigenvalue weighted by Crippen LogP contribution is -2.56. The van der Waals surface area contributed by atoms with Gasteiger partial charge in [0.05, 0.1) is 24.0 Å². The number of carbonyl (C=O) groups is 2. The number of aliphatic hydroxyl groups excluding tert-OH is 1. The molecule has 0 unspecified atom stereocenters. The maximum atomic E-state index is 13.8. The highest BCUT2D eigenvalue weighted by Crippen LogP contribution is 2.38. The molecular formula is C65H76F6N8O5. The minimum absolute atomic E-state index is 0.0380. The quantitative estimate of drug-likeness (QED) is 0.105. The van der Waals surface area contributed by atoms with E-state index in [1.165, 1.54) is 23.3 Å². The van der Waals surface area contributed by atoms with Crippen LogP contribution in [0.1, 0.15) is 93.1 Å². The summed E-state index contributed by atoms with van der Waals surface area (Å²) in [4.78, 5) is 48.6. The summed E-state index contributed by atoms with van der Waals surface area (Å²) in [6.07, 6.45) is -0.0194. The molecule has 2 atom stereocenters. The standard InChI is InChI=1S/C33H39F3N4O2.C32H37F3N4O3/c1-4-27-22-39(17-18-40(27)31-11-7-8-14-37-31)32(41)28-21-26(23(2)19-24(28)3)20-25-12-15-38(16-13-25)29-9-5-6-10-30(29)42-33(34,35)36;1-22-17-23(2)27(31(41)38-15-16-39(26(20-38)21-40)30-9-5-6-12-36-30)19-25(22)18-24-10-13-37(14-11-24)28-7-3-4-8-29(28)42-32(33,34)35/h5-11,14,19,21,25,27H,4,12-13,15-18,20,22H2,1-3H3;3-9,12,17,19,24,26,40H,10-11,13-16,18,20-21H2,1-2H3/t27-;26-/m10/s1. The Labute approximate surface area is 488 Å². The van der Waals surface area contributed by atoms with Crippen molar-refractivity contribution in [2.24, 2.45) is 11.8 Å². The summed E-state index contributed by atoms with van der Waals surface area (Å²) in [5, 5.41) is 10.1. The lowest BCUT2D eigenvalue weighted by molar-refractivity contribution is -0.275. The van der Waals surface area contributed by atoms with Gasteiger partial charge in [0.15, 0.2) is 11.5 Å². The molecule has 1 N–H and O–H groups in total. The molecule has 0 aliphatic carbocycles. The fraction of sp³-hybridized carbons (Fsp3) is 0.446. The molecule has 4 fully saturated rings. The van der Waals surface area contributed by atoms with Crippen LogP contribution in [-0.2, 0) is 12.8 Å². The molecule has 13 nitrogen and oxygen atoms in total. The molecule has 0 saturated carbocycles. The maximum absolute atomic E-state index is 13.8. The molecule has 2 amide bonds. The SMILES string of the molecule is CC[C@@H]1CN(C(=O)c2cc(CC3CCN(c4ccccc4OC(F)(F)F)CC3)c(C)cc2C)CCN1c1ccccn1.Cc1cc(C)c(C(=O)N2CCN(c3ccccn3)[C@H](CO)C2)cc1CC1CCN(c2ccccc2OC(F)(F)F)CC1. The lowest BCUT2D eigenvalue weighted by Gasteiger charge is -2.42. The van der Waals surface area contributed by atoms with E-state index in [0.717, 1.165) is 90.9 Å². The van der Waals surface area contributed by atoms with E-state index < -0.39 is 12.7 Å². The second-order valence-corrected chi connectivity index (χ2v) is 22.7. The molecule has 4 saturated heterocycles. The van der Waals surface area contributed by atoms with Crippen molar-refractivity contribution in [2.45, 2.75) is 104 Å². The number of halogens is 6. The van der Waals surface area contributed by atoms with Crippen molar-refractivity contribution in [3.63, 3.8) is 0 Å². The van der Waals surface area contributed by atoms with Gasteiger partial charge in [0.25, 0.3) is 11.8 Å². The van der Waals surface area contributed by atoms with Crippen LogP contribution < -0.4 is 29.1 Å². The van der Waals surface area contributed by atoms with E-state index >= 15 is 0 Å². The third-order valence-corrected chi connectivity index (χ3v) is 17.0. The van der Waals surface area contributed by atoms with Crippen LogP contribution in [-0.4, -0.2) is 134 Å². The average Bonchev–Trinajstić information content (AvgIpc) is 2.41. The van der Waals surface area contributed by atoms with E-state index in [1.807, 2.05) is 82.1 Å². The first-order chi connectivity index (χ1) is 40.2. The highest BCUT2D eigenvalue weighted by molar-refractivity contribution is 5.97. The van der Waals surface area contributed by atoms with Crippen molar-refractivity contribution in [1.82, 2.24) is 19.8 Å². The molecule has 4 aromatic carbocycles. The van der Waals surface area contributed by atoms with Gasteiger partial charge in [0.1, 0.15) is 11.6 Å². The average molecular weight is 1160 g/mol. The van der Waals surface area contributed by atoms with Crippen LogP contribution >= 0.6 is 0 Å². The van der Waals surface area contributed by atoms with Crippen LogP contribution in [0.15, 0.2) is 122 Å². The monoisotopic (exact) mass is 1160 g/mol. The number of hydrogen-bond donors (Lipinski definition) is 1. The van der Waals surface area contributed by atoms with Gasteiger partial charge in [-0.05, 0) is 179 Å². The number of para-hydroxylation sites is 4. The van der Waals surface area contributed by atoms with Gasteiger partial charge in [-0.2, -0.15) is 0 Å². The molecule has 0 radical (unpaired) electrons. The van der Waals surface area contributed by atoms with Crippen LogP contribution in [0.4, 0.5) is 49.4 Å². The minimum atomic E-state index is -4.74. The number of piperazine rings is 2. The molecule has 0 spiro atoms. The second kappa shape index (κ2) is 27.0. The number of nitrogens with zero attached hydrogens (tertiary/aromatic N) is 8. The van der Waals surface area contributed by atoms with E-state index in [0.29, 0.717) is 87.7 Å². The third kappa shape index (κ3) is 15.2. The maximum Gasteiger partial charge on any atom is 0.573 e. The van der Waals surface area contributed by atoms with Gasteiger partial charge in [-0.15, -0.1) is 26.3 Å². The highest BCUT2D eigenvalue weighted by atomic mass is 19.4. The van der Waals surface area contributed by atoms with Crippen LogP contribution in [0.25, 0.3) is 0 Å². The van der Waals surface area contributed by atoms with Gasteiger partial charge in [0, 0.05) is 95.0 Å². The summed E-state index contributed by atoms with van der Waals surface area (Å²) in [7, 11) is 0. The van der Waals surface area contributed by atoms with E-state index in [-0.39, 0.29) is 42.0 Å². The molecular weight excluding hydrogens is 1090 g/mol.